The number of furan rings is 1. The molecule has 0 aliphatic heterocycles. The van der Waals surface area contributed by atoms with Crippen LogP contribution in [0.2, 0.25) is 0 Å². The third kappa shape index (κ3) is 2.83. The zero-order chi connectivity index (χ0) is 8.81. The highest BCUT2D eigenvalue weighted by Crippen LogP contribution is 2.18. The lowest BCUT2D eigenvalue weighted by Crippen LogP contribution is -2.05. The molecule has 0 saturated heterocycles. The molecule has 1 rings (SSSR count). The van der Waals surface area contributed by atoms with E-state index in [1.165, 1.54) is 0 Å². The molecular formula is C9H12BrNO. The number of nitrogens with one attached hydrogen (secondary N) is 1. The SMILES string of the molecule is CNCCC=Cc1occc1Br. The molecule has 1 heterocycles. The first-order valence-corrected chi connectivity index (χ1v) is 4.68. The predicted molar refractivity (Wildman–Crippen MR) is 54.0 cm³/mol. The first-order valence-electron chi connectivity index (χ1n) is 3.88. The monoisotopic (exact) mass is 229 g/mol. The molecular weight excluding hydrogens is 218 g/mol. The van der Waals surface area contributed by atoms with Gasteiger partial charge in [-0.05, 0) is 48.1 Å². The van der Waals surface area contributed by atoms with Crippen LogP contribution >= 0.6 is 15.9 Å². The maximum atomic E-state index is 5.19. The molecule has 12 heavy (non-hydrogen) atoms. The van der Waals surface area contributed by atoms with Gasteiger partial charge in [-0.1, -0.05) is 6.08 Å². The van der Waals surface area contributed by atoms with Crippen molar-refractivity contribution in [2.75, 3.05) is 13.6 Å². The van der Waals surface area contributed by atoms with Crippen molar-refractivity contribution in [1.82, 2.24) is 5.32 Å². The highest BCUT2D eigenvalue weighted by Gasteiger charge is 1.96. The van der Waals surface area contributed by atoms with E-state index in [1.807, 2.05) is 19.2 Å². The molecule has 0 spiro atoms. The number of rotatable bonds is 4. The minimum absolute atomic E-state index is 0.881. The second kappa shape index (κ2) is 5.17. The molecule has 0 radical (unpaired) electrons. The van der Waals surface area contributed by atoms with Crippen LogP contribution in [0.3, 0.4) is 0 Å². The van der Waals surface area contributed by atoms with E-state index in [0.29, 0.717) is 0 Å². The highest BCUT2D eigenvalue weighted by atomic mass is 79.9. The van der Waals surface area contributed by atoms with Crippen molar-refractivity contribution in [2.24, 2.45) is 0 Å². The number of halogens is 1. The fraction of sp³-hybridized carbons (Fsp3) is 0.333. The lowest BCUT2D eigenvalue weighted by Gasteiger charge is -1.90. The van der Waals surface area contributed by atoms with Crippen molar-refractivity contribution in [1.29, 1.82) is 0 Å². The summed E-state index contributed by atoms with van der Waals surface area (Å²) < 4.78 is 6.19. The molecule has 0 amide bonds. The summed E-state index contributed by atoms with van der Waals surface area (Å²) in [6.45, 7) is 0.995. The van der Waals surface area contributed by atoms with Gasteiger partial charge in [-0.2, -0.15) is 0 Å². The molecule has 0 unspecified atom stereocenters. The van der Waals surface area contributed by atoms with E-state index in [-0.39, 0.29) is 0 Å². The Kier molecular flexibility index (Phi) is 4.11. The topological polar surface area (TPSA) is 25.2 Å². The Morgan fingerprint density at radius 3 is 3.08 bits per heavy atom. The average Bonchev–Trinajstić information content (AvgIpc) is 2.46. The van der Waals surface area contributed by atoms with Crippen LogP contribution in [0.15, 0.2) is 27.3 Å². The van der Waals surface area contributed by atoms with E-state index in [0.717, 1.165) is 23.2 Å². The molecule has 1 aromatic heterocycles. The van der Waals surface area contributed by atoms with Gasteiger partial charge in [0.25, 0.3) is 0 Å². The normalized spacial score (nSPS) is 11.2. The molecule has 0 aliphatic carbocycles. The lowest BCUT2D eigenvalue weighted by molar-refractivity contribution is 0.555. The van der Waals surface area contributed by atoms with Crippen LogP contribution in [-0.4, -0.2) is 13.6 Å². The van der Waals surface area contributed by atoms with Crippen LogP contribution in [0.5, 0.6) is 0 Å². The van der Waals surface area contributed by atoms with Crippen LogP contribution in [0, 0.1) is 0 Å². The summed E-state index contributed by atoms with van der Waals surface area (Å²) in [4.78, 5) is 0. The molecule has 0 aromatic carbocycles. The van der Waals surface area contributed by atoms with Gasteiger partial charge >= 0.3 is 0 Å². The first-order chi connectivity index (χ1) is 5.84. The second-order valence-corrected chi connectivity index (χ2v) is 3.28. The standard InChI is InChI=1S/C9H12BrNO/c1-11-6-3-2-4-9-8(10)5-7-12-9/h2,4-5,7,11H,3,6H2,1H3. The van der Waals surface area contributed by atoms with Crippen molar-refractivity contribution in [3.8, 4) is 0 Å². The molecule has 2 nitrogen and oxygen atoms in total. The Balaban J connectivity index is 2.41. The van der Waals surface area contributed by atoms with Gasteiger partial charge in [0.2, 0.25) is 0 Å². The first kappa shape index (κ1) is 9.55. The molecule has 0 bridgehead atoms. The van der Waals surface area contributed by atoms with E-state index >= 15 is 0 Å². The Labute approximate surface area is 80.8 Å². The van der Waals surface area contributed by atoms with Crippen molar-refractivity contribution in [2.45, 2.75) is 6.42 Å². The van der Waals surface area contributed by atoms with Crippen molar-refractivity contribution >= 4 is 22.0 Å². The second-order valence-electron chi connectivity index (χ2n) is 2.43. The van der Waals surface area contributed by atoms with Gasteiger partial charge in [-0.15, -0.1) is 0 Å². The summed E-state index contributed by atoms with van der Waals surface area (Å²) in [6.07, 6.45) is 6.74. The molecule has 1 aromatic rings. The van der Waals surface area contributed by atoms with Gasteiger partial charge in [0.05, 0.1) is 10.7 Å². The van der Waals surface area contributed by atoms with Gasteiger partial charge in [0.15, 0.2) is 0 Å². The Morgan fingerprint density at radius 1 is 1.67 bits per heavy atom. The van der Waals surface area contributed by atoms with E-state index in [9.17, 15) is 0 Å². The molecule has 0 fully saturated rings. The molecule has 1 N–H and O–H groups in total. The van der Waals surface area contributed by atoms with Crippen molar-refractivity contribution < 1.29 is 4.42 Å². The van der Waals surface area contributed by atoms with Crippen LogP contribution in [-0.2, 0) is 0 Å². The van der Waals surface area contributed by atoms with Crippen LogP contribution in [0.4, 0.5) is 0 Å². The Bertz CT molecular complexity index is 255. The molecule has 0 aliphatic rings. The minimum Gasteiger partial charge on any atom is -0.464 e. The third-order valence-corrected chi connectivity index (χ3v) is 2.13. The minimum atomic E-state index is 0.881. The van der Waals surface area contributed by atoms with Gasteiger partial charge in [-0.3, -0.25) is 0 Å². The number of hydrogen-bond donors (Lipinski definition) is 1. The van der Waals surface area contributed by atoms with Crippen LogP contribution in [0.25, 0.3) is 6.08 Å². The number of hydrogen-bond acceptors (Lipinski definition) is 2. The van der Waals surface area contributed by atoms with Gasteiger partial charge in [0.1, 0.15) is 5.76 Å². The quantitative estimate of drug-likeness (QED) is 0.804. The predicted octanol–water partition coefficient (Wildman–Crippen LogP) is 2.66. The van der Waals surface area contributed by atoms with Crippen molar-refractivity contribution in [3.63, 3.8) is 0 Å². The van der Waals surface area contributed by atoms with Crippen LogP contribution < -0.4 is 5.32 Å². The summed E-state index contributed by atoms with van der Waals surface area (Å²) in [5.74, 6) is 0.881. The summed E-state index contributed by atoms with van der Waals surface area (Å²) in [5.41, 5.74) is 0. The molecule has 3 heteroatoms. The largest absolute Gasteiger partial charge is 0.464 e. The molecule has 0 atom stereocenters. The zero-order valence-corrected chi connectivity index (χ0v) is 8.60. The summed E-state index contributed by atoms with van der Waals surface area (Å²) >= 11 is 3.37. The highest BCUT2D eigenvalue weighted by molar-refractivity contribution is 9.10. The maximum absolute atomic E-state index is 5.19. The van der Waals surface area contributed by atoms with Gasteiger partial charge in [-0.25, -0.2) is 0 Å². The summed E-state index contributed by atoms with van der Waals surface area (Å²) in [7, 11) is 1.94. The fourth-order valence-corrected chi connectivity index (χ4v) is 1.18. The van der Waals surface area contributed by atoms with E-state index in [1.54, 1.807) is 6.26 Å². The molecule has 0 saturated carbocycles. The zero-order valence-electron chi connectivity index (χ0n) is 7.01. The van der Waals surface area contributed by atoms with E-state index < -0.39 is 0 Å². The average molecular weight is 230 g/mol. The fourth-order valence-electron chi connectivity index (χ4n) is 0.842. The third-order valence-electron chi connectivity index (χ3n) is 1.47. The van der Waals surface area contributed by atoms with Gasteiger partial charge in [0, 0.05) is 0 Å². The van der Waals surface area contributed by atoms with Crippen molar-refractivity contribution in [3.05, 3.63) is 28.6 Å². The Hall–Kier alpha value is -0.540. The summed E-state index contributed by atoms with van der Waals surface area (Å²) in [5, 5.41) is 3.07. The van der Waals surface area contributed by atoms with Gasteiger partial charge < -0.3 is 9.73 Å². The maximum Gasteiger partial charge on any atom is 0.140 e. The molecule has 66 valence electrons. The van der Waals surface area contributed by atoms with Crippen LogP contribution in [0.1, 0.15) is 12.2 Å². The smallest absolute Gasteiger partial charge is 0.140 e. The van der Waals surface area contributed by atoms with E-state index in [4.69, 9.17) is 4.42 Å². The van der Waals surface area contributed by atoms with E-state index in [2.05, 4.69) is 27.3 Å². The summed E-state index contributed by atoms with van der Waals surface area (Å²) in [6, 6.07) is 1.89. The Morgan fingerprint density at radius 2 is 2.50 bits per heavy atom. The lowest BCUT2D eigenvalue weighted by atomic mass is 10.3.